The van der Waals surface area contributed by atoms with E-state index in [0.717, 1.165) is 18.8 Å². The van der Waals surface area contributed by atoms with Crippen LogP contribution in [0.15, 0.2) is 58.3 Å². The van der Waals surface area contributed by atoms with E-state index in [9.17, 15) is 4.79 Å². The predicted octanol–water partition coefficient (Wildman–Crippen LogP) is 4.51. The standard InChI is InChI=1S/C22H26N4O2S/c1-15-12-16(2)14-25(13-15)21(27)17(3)29-22-24-23-20(19-10-7-11-28-19)26(22)18-8-5-4-6-9-18/h4-11,15-17H,12-14H2,1-3H3. The number of hydrogen-bond donors (Lipinski definition) is 0. The molecule has 0 radical (unpaired) electrons. The third-order valence-corrected chi connectivity index (χ3v) is 6.23. The number of para-hydroxylation sites is 1. The average molecular weight is 411 g/mol. The van der Waals surface area contributed by atoms with Crippen LogP contribution in [-0.4, -0.2) is 43.9 Å². The van der Waals surface area contributed by atoms with Gasteiger partial charge in [0.05, 0.1) is 11.5 Å². The van der Waals surface area contributed by atoms with E-state index in [1.165, 1.54) is 18.2 Å². The molecular formula is C22H26N4O2S. The Bertz CT molecular complexity index is 945. The van der Waals surface area contributed by atoms with E-state index in [4.69, 9.17) is 4.42 Å². The van der Waals surface area contributed by atoms with Crippen LogP contribution in [-0.2, 0) is 4.79 Å². The van der Waals surface area contributed by atoms with Gasteiger partial charge in [-0.05, 0) is 49.4 Å². The smallest absolute Gasteiger partial charge is 0.235 e. The summed E-state index contributed by atoms with van der Waals surface area (Å²) in [6.45, 7) is 8.05. The second-order valence-corrected chi connectivity index (χ2v) is 9.21. The summed E-state index contributed by atoms with van der Waals surface area (Å²) in [7, 11) is 0. The number of aromatic nitrogens is 3. The second kappa shape index (κ2) is 8.45. The van der Waals surface area contributed by atoms with Gasteiger partial charge in [0.1, 0.15) is 0 Å². The quantitative estimate of drug-likeness (QED) is 0.579. The zero-order valence-electron chi connectivity index (χ0n) is 17.0. The molecule has 7 heteroatoms. The molecule has 1 fully saturated rings. The lowest BCUT2D eigenvalue weighted by Gasteiger charge is -2.36. The van der Waals surface area contributed by atoms with E-state index in [0.29, 0.717) is 28.6 Å². The van der Waals surface area contributed by atoms with Gasteiger partial charge in [-0.25, -0.2) is 0 Å². The number of likely N-dealkylation sites (tertiary alicyclic amines) is 1. The first kappa shape index (κ1) is 19.8. The fraction of sp³-hybridized carbons (Fsp3) is 0.409. The van der Waals surface area contributed by atoms with Crippen molar-refractivity contribution in [2.75, 3.05) is 13.1 Å². The Morgan fingerprint density at radius 1 is 1.10 bits per heavy atom. The topological polar surface area (TPSA) is 64.2 Å². The molecule has 0 N–H and O–H groups in total. The van der Waals surface area contributed by atoms with E-state index in [-0.39, 0.29) is 11.2 Å². The summed E-state index contributed by atoms with van der Waals surface area (Å²) in [4.78, 5) is 15.1. The van der Waals surface area contributed by atoms with Crippen molar-refractivity contribution >= 4 is 17.7 Å². The predicted molar refractivity (Wildman–Crippen MR) is 114 cm³/mol. The average Bonchev–Trinajstić information content (AvgIpc) is 3.37. The molecular weight excluding hydrogens is 384 g/mol. The van der Waals surface area contributed by atoms with Gasteiger partial charge in [0.2, 0.25) is 11.7 Å². The molecule has 3 unspecified atom stereocenters. The summed E-state index contributed by atoms with van der Waals surface area (Å²) in [6.07, 6.45) is 2.80. The molecule has 6 nitrogen and oxygen atoms in total. The lowest BCUT2D eigenvalue weighted by Crippen LogP contribution is -2.45. The molecule has 0 spiro atoms. The third-order valence-electron chi connectivity index (χ3n) is 5.20. The van der Waals surface area contributed by atoms with Crippen LogP contribution in [0.1, 0.15) is 27.2 Å². The Kier molecular flexibility index (Phi) is 5.76. The van der Waals surface area contributed by atoms with Crippen LogP contribution in [0.5, 0.6) is 0 Å². The van der Waals surface area contributed by atoms with Crippen molar-refractivity contribution in [3.05, 3.63) is 48.7 Å². The number of hydrogen-bond acceptors (Lipinski definition) is 5. The van der Waals surface area contributed by atoms with Gasteiger partial charge in [-0.3, -0.25) is 9.36 Å². The fourth-order valence-electron chi connectivity index (χ4n) is 4.03. The van der Waals surface area contributed by atoms with Gasteiger partial charge in [0.25, 0.3) is 0 Å². The molecule has 3 aromatic rings. The van der Waals surface area contributed by atoms with Crippen LogP contribution < -0.4 is 0 Å². The summed E-state index contributed by atoms with van der Waals surface area (Å²) >= 11 is 1.44. The van der Waals surface area contributed by atoms with Gasteiger partial charge in [-0.1, -0.05) is 43.8 Å². The van der Waals surface area contributed by atoms with Crippen molar-refractivity contribution in [1.29, 1.82) is 0 Å². The van der Waals surface area contributed by atoms with Crippen LogP contribution >= 0.6 is 11.8 Å². The minimum Gasteiger partial charge on any atom is -0.461 e. The molecule has 29 heavy (non-hydrogen) atoms. The summed E-state index contributed by atoms with van der Waals surface area (Å²) in [6, 6.07) is 13.6. The Balaban J connectivity index is 1.61. The molecule has 0 bridgehead atoms. The molecule has 1 amide bonds. The lowest BCUT2D eigenvalue weighted by molar-refractivity contribution is -0.132. The number of carbonyl (C=O) groups is 1. The number of thioether (sulfide) groups is 1. The molecule has 1 aliphatic heterocycles. The molecule has 3 heterocycles. The highest BCUT2D eigenvalue weighted by molar-refractivity contribution is 8.00. The normalized spacial score (nSPS) is 20.6. The van der Waals surface area contributed by atoms with E-state index < -0.39 is 0 Å². The maximum Gasteiger partial charge on any atom is 0.235 e. The zero-order valence-corrected chi connectivity index (χ0v) is 17.8. The van der Waals surface area contributed by atoms with Gasteiger partial charge in [-0.15, -0.1) is 10.2 Å². The van der Waals surface area contributed by atoms with Crippen LogP contribution in [0.2, 0.25) is 0 Å². The monoisotopic (exact) mass is 410 g/mol. The molecule has 1 saturated heterocycles. The van der Waals surface area contributed by atoms with E-state index in [1.54, 1.807) is 6.26 Å². The molecule has 152 valence electrons. The molecule has 1 aliphatic rings. The van der Waals surface area contributed by atoms with E-state index >= 15 is 0 Å². The largest absolute Gasteiger partial charge is 0.461 e. The number of furan rings is 1. The molecule has 1 aromatic carbocycles. The van der Waals surface area contributed by atoms with Crippen LogP contribution in [0.4, 0.5) is 0 Å². The molecule has 0 aliphatic carbocycles. The second-order valence-electron chi connectivity index (χ2n) is 7.90. The summed E-state index contributed by atoms with van der Waals surface area (Å²) in [5, 5.41) is 9.18. The summed E-state index contributed by atoms with van der Waals surface area (Å²) < 4.78 is 7.51. The van der Waals surface area contributed by atoms with Crippen molar-refractivity contribution in [1.82, 2.24) is 19.7 Å². The SMILES string of the molecule is CC1CC(C)CN(C(=O)C(C)Sc2nnc(-c3ccco3)n2-c2ccccc2)C1. The van der Waals surface area contributed by atoms with Crippen molar-refractivity contribution in [2.24, 2.45) is 11.8 Å². The number of rotatable bonds is 5. The number of benzene rings is 1. The first-order valence-electron chi connectivity index (χ1n) is 10.0. The number of nitrogens with zero attached hydrogens (tertiary/aromatic N) is 4. The lowest BCUT2D eigenvalue weighted by atomic mass is 9.92. The molecule has 4 rings (SSSR count). The Labute approximate surface area is 175 Å². The van der Waals surface area contributed by atoms with Crippen LogP contribution in [0, 0.1) is 11.8 Å². The van der Waals surface area contributed by atoms with E-state index in [1.807, 2.05) is 58.9 Å². The maximum atomic E-state index is 13.1. The molecule has 2 aromatic heterocycles. The highest BCUT2D eigenvalue weighted by Crippen LogP contribution is 2.31. The van der Waals surface area contributed by atoms with E-state index in [2.05, 4.69) is 24.0 Å². The number of carbonyl (C=O) groups excluding carboxylic acids is 1. The minimum absolute atomic E-state index is 0.163. The maximum absolute atomic E-state index is 13.1. The van der Waals surface area contributed by atoms with Crippen molar-refractivity contribution in [3.63, 3.8) is 0 Å². The highest BCUT2D eigenvalue weighted by atomic mass is 32.2. The Morgan fingerprint density at radius 3 is 2.48 bits per heavy atom. The number of amides is 1. The van der Waals surface area contributed by atoms with Gasteiger partial charge in [-0.2, -0.15) is 0 Å². The van der Waals surface area contributed by atoms with Crippen LogP contribution in [0.25, 0.3) is 17.3 Å². The summed E-state index contributed by atoms with van der Waals surface area (Å²) in [5.74, 6) is 2.52. The van der Waals surface area contributed by atoms with Gasteiger partial charge in [0, 0.05) is 18.8 Å². The molecule has 3 atom stereocenters. The third kappa shape index (κ3) is 4.24. The van der Waals surface area contributed by atoms with Crippen LogP contribution in [0.3, 0.4) is 0 Å². The number of piperidine rings is 1. The molecule has 0 saturated carbocycles. The van der Waals surface area contributed by atoms with Crippen molar-refractivity contribution in [2.45, 2.75) is 37.6 Å². The fourth-order valence-corrected chi connectivity index (χ4v) is 4.98. The highest BCUT2D eigenvalue weighted by Gasteiger charge is 2.30. The first-order valence-corrected chi connectivity index (χ1v) is 10.9. The zero-order chi connectivity index (χ0) is 20.4. The first-order chi connectivity index (χ1) is 14.0. The minimum atomic E-state index is -0.247. The van der Waals surface area contributed by atoms with Crippen molar-refractivity contribution < 1.29 is 9.21 Å². The Morgan fingerprint density at radius 2 is 1.83 bits per heavy atom. The van der Waals surface area contributed by atoms with Gasteiger partial charge < -0.3 is 9.32 Å². The summed E-state index contributed by atoms with van der Waals surface area (Å²) in [5.41, 5.74) is 0.936. The van der Waals surface area contributed by atoms with Gasteiger partial charge >= 0.3 is 0 Å². The Hall–Kier alpha value is -2.54. The van der Waals surface area contributed by atoms with Crippen molar-refractivity contribution in [3.8, 4) is 17.3 Å². The van der Waals surface area contributed by atoms with Gasteiger partial charge in [0.15, 0.2) is 10.9 Å².